The summed E-state index contributed by atoms with van der Waals surface area (Å²) in [6.45, 7) is 2.02. The topological polar surface area (TPSA) is 58.4 Å². The number of hydrogen-bond donors (Lipinski definition) is 0. The maximum atomic E-state index is 13.6. The molecule has 2 aliphatic rings. The molecule has 4 rings (SSSR count). The SMILES string of the molecule is Cn1ncc(N2CCC(C(=O)N(Cc3ccc(F)cc3)C3CCCCC3)CC2)cc1=O. The van der Waals surface area contributed by atoms with Crippen LogP contribution in [-0.4, -0.2) is 39.7 Å². The first-order chi connectivity index (χ1) is 15.0. The maximum Gasteiger partial charge on any atom is 0.268 e. The van der Waals surface area contributed by atoms with Crippen molar-refractivity contribution in [1.29, 1.82) is 0 Å². The second-order valence-electron chi connectivity index (χ2n) is 8.82. The van der Waals surface area contributed by atoms with Crippen LogP contribution in [-0.2, 0) is 18.4 Å². The van der Waals surface area contributed by atoms with Crippen LogP contribution in [0.2, 0.25) is 0 Å². The molecule has 1 amide bonds. The predicted molar refractivity (Wildman–Crippen MR) is 118 cm³/mol. The van der Waals surface area contributed by atoms with Gasteiger partial charge in [-0.15, -0.1) is 0 Å². The quantitative estimate of drug-likeness (QED) is 0.734. The number of amides is 1. The second kappa shape index (κ2) is 9.62. The van der Waals surface area contributed by atoms with Gasteiger partial charge in [-0.2, -0.15) is 5.10 Å². The average molecular weight is 427 g/mol. The van der Waals surface area contributed by atoms with Gasteiger partial charge < -0.3 is 9.80 Å². The summed E-state index contributed by atoms with van der Waals surface area (Å²) in [4.78, 5) is 29.7. The lowest BCUT2D eigenvalue weighted by Gasteiger charge is -2.39. The third kappa shape index (κ3) is 5.14. The molecule has 2 heterocycles. The van der Waals surface area contributed by atoms with Crippen LogP contribution < -0.4 is 10.5 Å². The summed E-state index contributed by atoms with van der Waals surface area (Å²) in [6.07, 6.45) is 8.89. The van der Waals surface area contributed by atoms with E-state index in [-0.39, 0.29) is 29.2 Å². The molecular formula is C24H31FN4O2. The molecule has 0 radical (unpaired) electrons. The summed E-state index contributed by atoms with van der Waals surface area (Å²) < 4.78 is 14.7. The van der Waals surface area contributed by atoms with E-state index in [1.54, 1.807) is 31.4 Å². The van der Waals surface area contributed by atoms with Gasteiger partial charge in [-0.25, -0.2) is 9.07 Å². The minimum Gasteiger partial charge on any atom is -0.370 e. The first kappa shape index (κ1) is 21.5. The van der Waals surface area contributed by atoms with Crippen molar-refractivity contribution < 1.29 is 9.18 Å². The molecule has 7 heteroatoms. The number of hydrogen-bond acceptors (Lipinski definition) is 4. The molecule has 0 bridgehead atoms. The Balaban J connectivity index is 1.44. The molecule has 1 aliphatic carbocycles. The van der Waals surface area contributed by atoms with Crippen molar-refractivity contribution in [1.82, 2.24) is 14.7 Å². The highest BCUT2D eigenvalue weighted by atomic mass is 19.1. The fraction of sp³-hybridized carbons (Fsp3) is 0.542. The molecule has 6 nitrogen and oxygen atoms in total. The summed E-state index contributed by atoms with van der Waals surface area (Å²) in [7, 11) is 1.64. The zero-order valence-electron chi connectivity index (χ0n) is 18.2. The van der Waals surface area contributed by atoms with Crippen molar-refractivity contribution in [2.75, 3.05) is 18.0 Å². The molecule has 0 atom stereocenters. The van der Waals surface area contributed by atoms with Crippen molar-refractivity contribution in [3.05, 3.63) is 58.3 Å². The van der Waals surface area contributed by atoms with Gasteiger partial charge in [0.25, 0.3) is 5.56 Å². The zero-order valence-corrected chi connectivity index (χ0v) is 18.2. The van der Waals surface area contributed by atoms with Crippen LogP contribution in [0.3, 0.4) is 0 Å². The minimum absolute atomic E-state index is 0.0156. The number of anilines is 1. The lowest BCUT2D eigenvalue weighted by molar-refractivity contribution is -0.140. The summed E-state index contributed by atoms with van der Waals surface area (Å²) in [5.74, 6) is -0.0481. The number of carbonyl (C=O) groups excluding carboxylic acids is 1. The number of nitrogens with zero attached hydrogens (tertiary/aromatic N) is 4. The Hall–Kier alpha value is -2.70. The molecule has 1 saturated carbocycles. The number of halogens is 1. The molecule has 0 unspecified atom stereocenters. The summed E-state index contributed by atoms with van der Waals surface area (Å²) in [6, 6.07) is 8.38. The van der Waals surface area contributed by atoms with Crippen molar-refractivity contribution in [2.45, 2.75) is 57.5 Å². The molecule has 1 saturated heterocycles. The van der Waals surface area contributed by atoms with Crippen molar-refractivity contribution in [3.63, 3.8) is 0 Å². The zero-order chi connectivity index (χ0) is 21.8. The highest BCUT2D eigenvalue weighted by molar-refractivity contribution is 5.79. The molecule has 31 heavy (non-hydrogen) atoms. The van der Waals surface area contributed by atoms with Gasteiger partial charge in [0.2, 0.25) is 5.91 Å². The molecule has 2 fully saturated rings. The fourth-order valence-electron chi connectivity index (χ4n) is 4.82. The molecule has 1 aromatic carbocycles. The second-order valence-corrected chi connectivity index (χ2v) is 8.82. The van der Waals surface area contributed by atoms with E-state index < -0.39 is 0 Å². The first-order valence-electron chi connectivity index (χ1n) is 11.3. The number of aryl methyl sites for hydroxylation is 1. The third-order valence-electron chi connectivity index (χ3n) is 6.73. The van der Waals surface area contributed by atoms with Crippen molar-refractivity contribution in [3.8, 4) is 0 Å². The Morgan fingerprint density at radius 3 is 2.42 bits per heavy atom. The monoisotopic (exact) mass is 426 g/mol. The summed E-state index contributed by atoms with van der Waals surface area (Å²) in [5.41, 5.74) is 1.67. The number of piperidine rings is 1. The Morgan fingerprint density at radius 1 is 1.10 bits per heavy atom. The number of carbonyl (C=O) groups is 1. The lowest BCUT2D eigenvalue weighted by atomic mass is 9.90. The van der Waals surface area contributed by atoms with Gasteiger partial charge in [-0.05, 0) is 43.4 Å². The van der Waals surface area contributed by atoms with E-state index in [2.05, 4.69) is 14.9 Å². The third-order valence-corrected chi connectivity index (χ3v) is 6.73. The van der Waals surface area contributed by atoms with Gasteiger partial charge in [-0.1, -0.05) is 31.4 Å². The molecule has 0 spiro atoms. The van der Waals surface area contributed by atoms with Gasteiger partial charge in [0.15, 0.2) is 0 Å². The number of aromatic nitrogens is 2. The van der Waals surface area contributed by atoms with Gasteiger partial charge >= 0.3 is 0 Å². The molecular weight excluding hydrogens is 395 g/mol. The van der Waals surface area contributed by atoms with Crippen LogP contribution in [0.5, 0.6) is 0 Å². The highest BCUT2D eigenvalue weighted by Crippen LogP contribution is 2.29. The normalized spacial score (nSPS) is 18.2. The molecule has 1 aromatic heterocycles. The van der Waals surface area contributed by atoms with Gasteiger partial charge in [0.1, 0.15) is 5.82 Å². The first-order valence-corrected chi connectivity index (χ1v) is 11.3. The Kier molecular flexibility index (Phi) is 6.68. The minimum atomic E-state index is -0.253. The van der Waals surface area contributed by atoms with Crippen LogP contribution in [0.1, 0.15) is 50.5 Å². The van der Waals surface area contributed by atoms with E-state index in [4.69, 9.17) is 0 Å². The highest BCUT2D eigenvalue weighted by Gasteiger charge is 2.33. The van der Waals surface area contributed by atoms with E-state index >= 15 is 0 Å². The smallest absolute Gasteiger partial charge is 0.268 e. The van der Waals surface area contributed by atoms with Crippen molar-refractivity contribution >= 4 is 11.6 Å². The Labute approximate surface area is 182 Å². The molecule has 0 N–H and O–H groups in total. The van der Waals surface area contributed by atoms with Crippen molar-refractivity contribution in [2.24, 2.45) is 13.0 Å². The molecule has 166 valence electrons. The van der Waals surface area contributed by atoms with E-state index in [1.807, 2.05) is 0 Å². The van der Waals surface area contributed by atoms with Crippen LogP contribution >= 0.6 is 0 Å². The summed E-state index contributed by atoms with van der Waals surface area (Å²) in [5, 5.41) is 4.11. The maximum absolute atomic E-state index is 13.6. The summed E-state index contributed by atoms with van der Waals surface area (Å²) >= 11 is 0. The predicted octanol–water partition coefficient (Wildman–Crippen LogP) is 3.50. The average Bonchev–Trinajstić information content (AvgIpc) is 2.81. The van der Waals surface area contributed by atoms with Gasteiger partial charge in [-0.3, -0.25) is 9.59 Å². The van der Waals surface area contributed by atoms with Crippen LogP contribution in [0, 0.1) is 11.7 Å². The fourth-order valence-corrected chi connectivity index (χ4v) is 4.82. The van der Waals surface area contributed by atoms with Crippen LogP contribution in [0.4, 0.5) is 10.1 Å². The van der Waals surface area contributed by atoms with Gasteiger partial charge in [0, 0.05) is 44.7 Å². The lowest BCUT2D eigenvalue weighted by Crippen LogP contribution is -2.47. The largest absolute Gasteiger partial charge is 0.370 e. The molecule has 1 aliphatic heterocycles. The Morgan fingerprint density at radius 2 is 1.77 bits per heavy atom. The Bertz CT molecular complexity index is 945. The number of rotatable bonds is 5. The van der Waals surface area contributed by atoms with E-state index in [0.29, 0.717) is 6.54 Å². The van der Waals surface area contributed by atoms with E-state index in [1.165, 1.54) is 23.2 Å². The molecule has 2 aromatic rings. The van der Waals surface area contributed by atoms with E-state index in [9.17, 15) is 14.0 Å². The number of benzene rings is 1. The van der Waals surface area contributed by atoms with E-state index in [0.717, 1.165) is 62.9 Å². The van der Waals surface area contributed by atoms with Crippen LogP contribution in [0.25, 0.3) is 0 Å². The van der Waals surface area contributed by atoms with Crippen LogP contribution in [0.15, 0.2) is 41.3 Å². The van der Waals surface area contributed by atoms with Gasteiger partial charge in [0.05, 0.1) is 11.9 Å². The standard InChI is InChI=1S/C24H31FN4O2/c1-27-23(30)15-22(16-26-27)28-13-11-19(12-14-28)24(31)29(21-5-3-2-4-6-21)17-18-7-9-20(25)10-8-18/h7-10,15-16,19,21H,2-6,11-14,17H2,1H3.